The van der Waals surface area contributed by atoms with Crippen molar-refractivity contribution >= 4 is 11.6 Å². The van der Waals surface area contributed by atoms with Crippen LogP contribution in [0.4, 0.5) is 0 Å². The highest BCUT2D eigenvalue weighted by molar-refractivity contribution is 6.30. The summed E-state index contributed by atoms with van der Waals surface area (Å²) >= 11 is 5.97. The molecule has 1 N–H and O–H groups in total. The van der Waals surface area contributed by atoms with Gasteiger partial charge in [-0.05, 0) is 57.0 Å². The number of hydrogen-bond donors (Lipinski definition) is 1. The van der Waals surface area contributed by atoms with Gasteiger partial charge in [0.25, 0.3) is 0 Å². The molecular formula is C18H31ClN2. The van der Waals surface area contributed by atoms with E-state index in [0.717, 1.165) is 18.1 Å². The fourth-order valence-corrected chi connectivity index (χ4v) is 2.68. The number of hydrogen-bond acceptors (Lipinski definition) is 2. The summed E-state index contributed by atoms with van der Waals surface area (Å²) in [6.07, 6.45) is 1.18. The van der Waals surface area contributed by atoms with Gasteiger partial charge in [0, 0.05) is 23.7 Å². The van der Waals surface area contributed by atoms with Crippen molar-refractivity contribution in [1.82, 2.24) is 10.2 Å². The molecule has 2 nitrogen and oxygen atoms in total. The van der Waals surface area contributed by atoms with E-state index in [0.29, 0.717) is 12.1 Å². The molecule has 0 aromatic heterocycles. The first-order valence-corrected chi connectivity index (χ1v) is 8.34. The highest BCUT2D eigenvalue weighted by Gasteiger charge is 2.28. The second-order valence-electron chi connectivity index (χ2n) is 6.81. The maximum absolute atomic E-state index is 5.97. The van der Waals surface area contributed by atoms with Crippen molar-refractivity contribution in [2.24, 2.45) is 5.41 Å². The van der Waals surface area contributed by atoms with E-state index in [1.54, 1.807) is 0 Å². The van der Waals surface area contributed by atoms with Crippen molar-refractivity contribution in [3.63, 3.8) is 0 Å². The van der Waals surface area contributed by atoms with Crippen molar-refractivity contribution < 1.29 is 0 Å². The predicted molar refractivity (Wildman–Crippen MR) is 94.0 cm³/mol. The Morgan fingerprint density at radius 1 is 1.19 bits per heavy atom. The van der Waals surface area contributed by atoms with E-state index in [2.05, 4.69) is 64.0 Å². The molecule has 21 heavy (non-hydrogen) atoms. The lowest BCUT2D eigenvalue weighted by atomic mass is 9.84. The van der Waals surface area contributed by atoms with Crippen LogP contribution in [0.25, 0.3) is 0 Å². The summed E-state index contributed by atoms with van der Waals surface area (Å²) in [4.78, 5) is 2.42. The smallest absolute Gasteiger partial charge is 0.0406 e. The van der Waals surface area contributed by atoms with Gasteiger partial charge >= 0.3 is 0 Å². The van der Waals surface area contributed by atoms with Gasteiger partial charge in [-0.25, -0.2) is 0 Å². The van der Waals surface area contributed by atoms with Crippen LogP contribution in [0.15, 0.2) is 24.3 Å². The van der Waals surface area contributed by atoms with Crippen LogP contribution in [-0.2, 0) is 0 Å². The second kappa shape index (κ2) is 8.17. The van der Waals surface area contributed by atoms with Crippen molar-refractivity contribution in [2.45, 2.75) is 53.1 Å². The van der Waals surface area contributed by atoms with Gasteiger partial charge in [0.1, 0.15) is 0 Å². The lowest BCUT2D eigenvalue weighted by Crippen LogP contribution is -2.46. The second-order valence-corrected chi connectivity index (χ2v) is 7.24. The van der Waals surface area contributed by atoms with Gasteiger partial charge in [-0.15, -0.1) is 0 Å². The first-order chi connectivity index (χ1) is 9.77. The van der Waals surface area contributed by atoms with Crippen LogP contribution in [-0.4, -0.2) is 31.1 Å². The van der Waals surface area contributed by atoms with Gasteiger partial charge in [-0.1, -0.05) is 44.5 Å². The van der Waals surface area contributed by atoms with E-state index in [9.17, 15) is 0 Å². The Morgan fingerprint density at radius 2 is 1.76 bits per heavy atom. The molecule has 0 spiro atoms. The minimum atomic E-state index is 0.227. The molecule has 2 unspecified atom stereocenters. The van der Waals surface area contributed by atoms with Crippen molar-refractivity contribution in [3.05, 3.63) is 34.9 Å². The normalized spacial score (nSPS) is 15.2. The number of halogens is 1. The average molecular weight is 311 g/mol. The minimum Gasteiger partial charge on any atom is -0.314 e. The van der Waals surface area contributed by atoms with Crippen LogP contribution >= 0.6 is 11.6 Å². The van der Waals surface area contributed by atoms with E-state index < -0.39 is 0 Å². The number of nitrogens with one attached hydrogen (secondary N) is 1. The summed E-state index contributed by atoms with van der Waals surface area (Å²) in [7, 11) is 2.20. The van der Waals surface area contributed by atoms with E-state index >= 15 is 0 Å². The Kier molecular flexibility index (Phi) is 7.19. The van der Waals surface area contributed by atoms with Crippen molar-refractivity contribution in [3.8, 4) is 0 Å². The Balaban J connectivity index is 2.65. The molecule has 1 aromatic carbocycles. The summed E-state index contributed by atoms with van der Waals surface area (Å²) in [5.74, 6) is 0. The van der Waals surface area contributed by atoms with Crippen LogP contribution in [0.2, 0.25) is 5.02 Å². The molecule has 1 aromatic rings. The Morgan fingerprint density at radius 3 is 2.29 bits per heavy atom. The van der Waals surface area contributed by atoms with Gasteiger partial charge in [-0.2, -0.15) is 0 Å². The molecule has 0 heterocycles. The van der Waals surface area contributed by atoms with Gasteiger partial charge in [0.2, 0.25) is 0 Å². The molecule has 2 atom stereocenters. The van der Waals surface area contributed by atoms with Crippen LogP contribution in [0, 0.1) is 5.41 Å². The maximum atomic E-state index is 5.97. The number of nitrogens with zero attached hydrogens (tertiary/aromatic N) is 1. The third-order valence-electron chi connectivity index (χ3n) is 4.54. The molecule has 1 rings (SSSR count). The summed E-state index contributed by atoms with van der Waals surface area (Å²) in [6, 6.07) is 9.07. The molecule has 0 aliphatic heterocycles. The molecule has 0 saturated heterocycles. The summed E-state index contributed by atoms with van der Waals surface area (Å²) in [6.45, 7) is 13.6. The van der Waals surface area contributed by atoms with Gasteiger partial charge in [-0.3, -0.25) is 4.90 Å². The minimum absolute atomic E-state index is 0.227. The van der Waals surface area contributed by atoms with E-state index in [-0.39, 0.29) is 5.41 Å². The zero-order valence-corrected chi connectivity index (χ0v) is 15.2. The summed E-state index contributed by atoms with van der Waals surface area (Å²) < 4.78 is 0. The van der Waals surface area contributed by atoms with Crippen LogP contribution in [0.5, 0.6) is 0 Å². The fraction of sp³-hybridized carbons (Fsp3) is 0.667. The van der Waals surface area contributed by atoms with Gasteiger partial charge in [0.05, 0.1) is 0 Å². The number of benzene rings is 1. The largest absolute Gasteiger partial charge is 0.314 e. The fourth-order valence-electron chi connectivity index (χ4n) is 2.55. The first-order valence-electron chi connectivity index (χ1n) is 7.97. The predicted octanol–water partition coefficient (Wildman–Crippen LogP) is 4.75. The van der Waals surface area contributed by atoms with E-state index in [1.807, 2.05) is 12.1 Å². The summed E-state index contributed by atoms with van der Waals surface area (Å²) in [5, 5.41) is 4.42. The molecule has 0 aliphatic rings. The highest BCUT2D eigenvalue weighted by Crippen LogP contribution is 2.27. The zero-order chi connectivity index (χ0) is 16.0. The lowest BCUT2D eigenvalue weighted by Gasteiger charge is -2.38. The van der Waals surface area contributed by atoms with Crippen molar-refractivity contribution in [2.75, 3.05) is 20.1 Å². The standard InChI is InChI=1S/C18H31ClN2/c1-7-12-20-15(3)18(4,5)13-21(6)14(2)16-8-10-17(19)11-9-16/h8-11,14-15,20H,7,12-13H2,1-6H3. The van der Waals surface area contributed by atoms with Gasteiger partial charge < -0.3 is 5.32 Å². The zero-order valence-electron chi connectivity index (χ0n) is 14.4. The van der Waals surface area contributed by atoms with Crippen molar-refractivity contribution in [1.29, 1.82) is 0 Å². The third kappa shape index (κ3) is 5.61. The molecule has 0 amide bonds. The summed E-state index contributed by atoms with van der Waals surface area (Å²) in [5.41, 5.74) is 1.54. The molecule has 0 aliphatic carbocycles. The Hall–Kier alpha value is -0.570. The van der Waals surface area contributed by atoms with Crippen LogP contribution in [0.1, 0.15) is 52.6 Å². The quantitative estimate of drug-likeness (QED) is 0.745. The SMILES string of the molecule is CCCNC(C)C(C)(C)CN(C)C(C)c1ccc(Cl)cc1. The highest BCUT2D eigenvalue weighted by atomic mass is 35.5. The Labute approximate surface area is 135 Å². The molecule has 0 bridgehead atoms. The Bertz CT molecular complexity index is 414. The molecule has 0 fully saturated rings. The van der Waals surface area contributed by atoms with E-state index in [1.165, 1.54) is 12.0 Å². The third-order valence-corrected chi connectivity index (χ3v) is 4.80. The topological polar surface area (TPSA) is 15.3 Å². The first kappa shape index (κ1) is 18.5. The van der Waals surface area contributed by atoms with E-state index in [4.69, 9.17) is 11.6 Å². The molecule has 3 heteroatoms. The maximum Gasteiger partial charge on any atom is 0.0406 e. The van der Waals surface area contributed by atoms with Crippen LogP contribution < -0.4 is 5.32 Å². The molecular weight excluding hydrogens is 280 g/mol. The molecule has 0 radical (unpaired) electrons. The average Bonchev–Trinajstić information content (AvgIpc) is 2.44. The monoisotopic (exact) mass is 310 g/mol. The molecule has 0 saturated carbocycles. The molecule has 120 valence electrons. The van der Waals surface area contributed by atoms with Gasteiger partial charge in [0.15, 0.2) is 0 Å². The lowest BCUT2D eigenvalue weighted by molar-refractivity contribution is 0.136. The van der Waals surface area contributed by atoms with Crippen LogP contribution in [0.3, 0.4) is 0 Å². The number of rotatable bonds is 8.